The number of nitrogens with one attached hydrogen (secondary N) is 1. The van der Waals surface area contributed by atoms with E-state index >= 15 is 0 Å². The van der Waals surface area contributed by atoms with Gasteiger partial charge in [-0.15, -0.1) is 11.3 Å². The number of aromatic nitrogens is 2. The van der Waals surface area contributed by atoms with E-state index < -0.39 is 9.84 Å². The van der Waals surface area contributed by atoms with Gasteiger partial charge in [-0.05, 0) is 23.9 Å². The van der Waals surface area contributed by atoms with Gasteiger partial charge in [-0.2, -0.15) is 5.10 Å². The van der Waals surface area contributed by atoms with Gasteiger partial charge < -0.3 is 10.1 Å². The summed E-state index contributed by atoms with van der Waals surface area (Å²) < 4.78 is 30.2. The molecular weight excluding hydrogens is 350 g/mol. The Morgan fingerprint density at radius 3 is 3.00 bits per heavy atom. The molecule has 0 unspecified atom stereocenters. The number of rotatable bonds is 6. The van der Waals surface area contributed by atoms with E-state index in [-0.39, 0.29) is 23.5 Å². The number of hydrogen-bond donors (Lipinski definition) is 1. The number of carbonyl (C=O) groups excluding carboxylic acids is 1. The average Bonchev–Trinajstić information content (AvgIpc) is 3.24. The summed E-state index contributed by atoms with van der Waals surface area (Å²) in [6, 6.07) is 5.35. The second-order valence-electron chi connectivity index (χ2n) is 5.64. The molecule has 1 aliphatic heterocycles. The molecule has 0 aliphatic carbocycles. The molecule has 1 N–H and O–H groups in total. The molecule has 130 valence electrons. The Kier molecular flexibility index (Phi) is 5.02. The fraction of sp³-hybridized carbons (Fsp3) is 0.467. The minimum atomic E-state index is -3.03. The lowest BCUT2D eigenvalue weighted by atomic mass is 10.2. The summed E-state index contributed by atoms with van der Waals surface area (Å²) in [7, 11) is -1.47. The van der Waals surface area contributed by atoms with E-state index in [1.165, 1.54) is 11.3 Å². The predicted molar refractivity (Wildman–Crippen MR) is 92.1 cm³/mol. The highest BCUT2D eigenvalue weighted by atomic mass is 32.2. The molecule has 24 heavy (non-hydrogen) atoms. The summed E-state index contributed by atoms with van der Waals surface area (Å²) in [6.07, 6.45) is 0.521. The van der Waals surface area contributed by atoms with Gasteiger partial charge in [0.1, 0.15) is 0 Å². The van der Waals surface area contributed by atoms with Crippen molar-refractivity contribution in [2.45, 2.75) is 12.5 Å². The molecule has 2 aromatic heterocycles. The molecule has 1 aliphatic rings. The Balaban J connectivity index is 1.90. The zero-order valence-corrected chi connectivity index (χ0v) is 14.9. The molecule has 1 fully saturated rings. The monoisotopic (exact) mass is 369 g/mol. The summed E-state index contributed by atoms with van der Waals surface area (Å²) in [6.45, 7) is 0.819. The SMILES string of the molecule is COCCNC(=O)c1cc(-c2cccs2)n([C@H]2CCS(=O)(=O)C2)n1. The van der Waals surface area contributed by atoms with Crippen molar-refractivity contribution in [3.63, 3.8) is 0 Å². The van der Waals surface area contributed by atoms with Crippen molar-refractivity contribution in [2.75, 3.05) is 31.8 Å². The third-order valence-electron chi connectivity index (χ3n) is 3.89. The van der Waals surface area contributed by atoms with Crippen LogP contribution in [0.4, 0.5) is 0 Å². The van der Waals surface area contributed by atoms with E-state index in [0.717, 1.165) is 10.6 Å². The first-order chi connectivity index (χ1) is 11.5. The van der Waals surface area contributed by atoms with Gasteiger partial charge in [0, 0.05) is 13.7 Å². The number of sulfone groups is 1. The molecule has 0 spiro atoms. The van der Waals surface area contributed by atoms with Gasteiger partial charge >= 0.3 is 0 Å². The Labute approximate surface area is 144 Å². The third kappa shape index (κ3) is 3.68. The van der Waals surface area contributed by atoms with Gasteiger partial charge in [0.2, 0.25) is 0 Å². The highest BCUT2D eigenvalue weighted by Crippen LogP contribution is 2.32. The quantitative estimate of drug-likeness (QED) is 0.776. The third-order valence-corrected chi connectivity index (χ3v) is 6.53. The maximum atomic E-state index is 12.2. The minimum Gasteiger partial charge on any atom is -0.383 e. The summed E-state index contributed by atoms with van der Waals surface area (Å²) in [5.41, 5.74) is 1.07. The summed E-state index contributed by atoms with van der Waals surface area (Å²) in [5.74, 6) is -0.0568. The van der Waals surface area contributed by atoms with Crippen LogP contribution < -0.4 is 5.32 Å². The number of ether oxygens (including phenoxy) is 1. The van der Waals surface area contributed by atoms with Gasteiger partial charge in [-0.1, -0.05) is 6.07 Å². The molecule has 2 aromatic rings. The zero-order valence-electron chi connectivity index (χ0n) is 13.3. The maximum Gasteiger partial charge on any atom is 0.271 e. The second kappa shape index (κ2) is 7.04. The molecule has 3 heterocycles. The molecule has 1 atom stereocenters. The van der Waals surface area contributed by atoms with Crippen molar-refractivity contribution in [3.8, 4) is 10.6 Å². The van der Waals surface area contributed by atoms with Gasteiger partial charge in [0.25, 0.3) is 5.91 Å². The van der Waals surface area contributed by atoms with Crippen LogP contribution in [0.5, 0.6) is 0 Å². The lowest BCUT2D eigenvalue weighted by Crippen LogP contribution is -2.27. The first-order valence-electron chi connectivity index (χ1n) is 7.61. The van der Waals surface area contributed by atoms with Crippen LogP contribution >= 0.6 is 11.3 Å². The van der Waals surface area contributed by atoms with Crippen LogP contribution in [0.15, 0.2) is 23.6 Å². The van der Waals surface area contributed by atoms with Gasteiger partial charge in [0.05, 0.1) is 34.7 Å². The summed E-state index contributed by atoms with van der Waals surface area (Å²) in [5, 5.41) is 9.08. The van der Waals surface area contributed by atoms with E-state index in [1.807, 2.05) is 17.5 Å². The number of carbonyl (C=O) groups is 1. The zero-order chi connectivity index (χ0) is 17.2. The van der Waals surface area contributed by atoms with E-state index in [1.54, 1.807) is 17.9 Å². The molecule has 0 radical (unpaired) electrons. The second-order valence-corrected chi connectivity index (χ2v) is 8.82. The minimum absolute atomic E-state index is 0.0673. The van der Waals surface area contributed by atoms with Crippen molar-refractivity contribution >= 4 is 27.1 Å². The molecular formula is C15H19N3O4S2. The number of thiophene rings is 1. The summed E-state index contributed by atoms with van der Waals surface area (Å²) >= 11 is 1.53. The van der Waals surface area contributed by atoms with Crippen LogP contribution in [-0.4, -0.2) is 55.9 Å². The number of nitrogens with zero attached hydrogens (tertiary/aromatic N) is 2. The van der Waals surface area contributed by atoms with Crippen LogP contribution in [0.2, 0.25) is 0 Å². The predicted octanol–water partition coefficient (Wildman–Crippen LogP) is 1.35. The maximum absolute atomic E-state index is 12.2. The van der Waals surface area contributed by atoms with Gasteiger partial charge in [-0.3, -0.25) is 9.48 Å². The smallest absolute Gasteiger partial charge is 0.271 e. The van der Waals surface area contributed by atoms with Crippen molar-refractivity contribution < 1.29 is 17.9 Å². The van der Waals surface area contributed by atoms with Gasteiger partial charge in [0.15, 0.2) is 15.5 Å². The number of methoxy groups -OCH3 is 1. The fourth-order valence-corrected chi connectivity index (χ4v) is 5.14. The Bertz CT molecular complexity index is 812. The molecule has 3 rings (SSSR count). The number of amides is 1. The van der Waals surface area contributed by atoms with Crippen molar-refractivity contribution in [3.05, 3.63) is 29.3 Å². The molecule has 0 bridgehead atoms. The molecule has 9 heteroatoms. The van der Waals surface area contributed by atoms with Crippen LogP contribution in [0.3, 0.4) is 0 Å². The standard InChI is InChI=1S/C15H19N3O4S2/c1-22-6-5-16-15(19)12-9-13(14-3-2-7-23-14)18(17-12)11-4-8-24(20,21)10-11/h2-3,7,9,11H,4-6,8,10H2,1H3,(H,16,19)/t11-/m0/s1. The molecule has 7 nitrogen and oxygen atoms in total. The summed E-state index contributed by atoms with van der Waals surface area (Å²) in [4.78, 5) is 13.2. The largest absolute Gasteiger partial charge is 0.383 e. The van der Waals surface area contributed by atoms with Crippen molar-refractivity contribution in [1.82, 2.24) is 15.1 Å². The first kappa shape index (κ1) is 17.1. The molecule has 0 saturated carbocycles. The van der Waals surface area contributed by atoms with Crippen LogP contribution in [0.25, 0.3) is 10.6 Å². The van der Waals surface area contributed by atoms with E-state index in [4.69, 9.17) is 4.74 Å². The average molecular weight is 369 g/mol. The van der Waals surface area contributed by atoms with Crippen molar-refractivity contribution in [2.24, 2.45) is 0 Å². The van der Waals surface area contributed by atoms with E-state index in [0.29, 0.717) is 25.3 Å². The van der Waals surface area contributed by atoms with E-state index in [9.17, 15) is 13.2 Å². The van der Waals surface area contributed by atoms with Crippen LogP contribution in [-0.2, 0) is 14.6 Å². The topological polar surface area (TPSA) is 90.3 Å². The normalized spacial score (nSPS) is 19.5. The Hall–Kier alpha value is -1.71. The highest BCUT2D eigenvalue weighted by molar-refractivity contribution is 7.91. The van der Waals surface area contributed by atoms with Crippen LogP contribution in [0, 0.1) is 0 Å². The van der Waals surface area contributed by atoms with Gasteiger partial charge in [-0.25, -0.2) is 8.42 Å². The van der Waals surface area contributed by atoms with Crippen molar-refractivity contribution in [1.29, 1.82) is 0 Å². The van der Waals surface area contributed by atoms with Crippen LogP contribution in [0.1, 0.15) is 23.0 Å². The fourth-order valence-electron chi connectivity index (χ4n) is 2.72. The molecule has 1 saturated heterocycles. The highest BCUT2D eigenvalue weighted by Gasteiger charge is 2.32. The Morgan fingerprint density at radius 1 is 1.54 bits per heavy atom. The lowest BCUT2D eigenvalue weighted by molar-refractivity contribution is 0.0931. The molecule has 1 amide bonds. The Morgan fingerprint density at radius 2 is 2.38 bits per heavy atom. The first-order valence-corrected chi connectivity index (χ1v) is 10.3. The lowest BCUT2D eigenvalue weighted by Gasteiger charge is -2.12. The molecule has 0 aromatic carbocycles. The van der Waals surface area contributed by atoms with E-state index in [2.05, 4.69) is 10.4 Å². The number of hydrogen-bond acceptors (Lipinski definition) is 6.